The van der Waals surface area contributed by atoms with Gasteiger partial charge >= 0.3 is 0 Å². The molecule has 1 fully saturated rings. The van der Waals surface area contributed by atoms with Gasteiger partial charge in [-0.3, -0.25) is 4.90 Å². The van der Waals surface area contributed by atoms with E-state index in [1.165, 1.54) is 5.56 Å². The number of aliphatic hydroxyl groups excluding tert-OH is 1. The number of hydrogen-bond donors (Lipinski definition) is 1. The second kappa shape index (κ2) is 5.77. The molecule has 0 bridgehead atoms. The van der Waals surface area contributed by atoms with E-state index >= 15 is 0 Å². The van der Waals surface area contributed by atoms with E-state index in [2.05, 4.69) is 28.9 Å². The van der Waals surface area contributed by atoms with Gasteiger partial charge in [-0.2, -0.15) is 0 Å². The summed E-state index contributed by atoms with van der Waals surface area (Å²) in [6.07, 6.45) is 3.30. The molecule has 2 heterocycles. The molecule has 0 radical (unpaired) electrons. The molecule has 0 spiro atoms. The minimum Gasteiger partial charge on any atom is -0.444 e. The molecule has 0 saturated carbocycles. The van der Waals surface area contributed by atoms with Crippen LogP contribution in [0.5, 0.6) is 0 Å². The lowest BCUT2D eigenvalue weighted by atomic mass is 10.1. The lowest BCUT2D eigenvalue weighted by molar-refractivity contribution is 0.0786. The minimum absolute atomic E-state index is 0.133. The summed E-state index contributed by atoms with van der Waals surface area (Å²) in [5, 5.41) is 9.51. The number of piperidine rings is 1. The van der Waals surface area contributed by atoms with Gasteiger partial charge in [0.25, 0.3) is 0 Å². The number of hydrogen-bond acceptors (Lipinski definition) is 4. The summed E-state index contributed by atoms with van der Waals surface area (Å²) in [5.41, 5.74) is 3.19. The van der Waals surface area contributed by atoms with Crippen molar-refractivity contribution in [1.82, 2.24) is 9.88 Å². The third-order valence-electron chi connectivity index (χ3n) is 3.79. The van der Waals surface area contributed by atoms with Gasteiger partial charge in [0, 0.05) is 25.2 Å². The predicted octanol–water partition coefficient (Wildman–Crippen LogP) is 2.61. The van der Waals surface area contributed by atoms with Gasteiger partial charge in [-0.05, 0) is 31.9 Å². The molecule has 1 aliphatic heterocycles. The fraction of sp³-hybridized carbons (Fsp3) is 0.438. The Bertz CT molecular complexity index is 554. The molecule has 4 nitrogen and oxygen atoms in total. The molecule has 0 amide bonds. The molecule has 1 aromatic heterocycles. The molecule has 4 heteroatoms. The van der Waals surface area contributed by atoms with E-state index in [9.17, 15) is 5.11 Å². The van der Waals surface area contributed by atoms with Crippen LogP contribution in [0, 0.1) is 6.92 Å². The highest BCUT2D eigenvalue weighted by molar-refractivity contribution is 5.53. The Hall–Kier alpha value is -1.65. The summed E-state index contributed by atoms with van der Waals surface area (Å²) in [5.74, 6) is 0.678. The topological polar surface area (TPSA) is 49.5 Å². The summed E-state index contributed by atoms with van der Waals surface area (Å²) >= 11 is 0. The zero-order valence-corrected chi connectivity index (χ0v) is 11.7. The van der Waals surface area contributed by atoms with Crippen molar-refractivity contribution in [2.75, 3.05) is 13.1 Å². The number of aryl methyl sites for hydroxylation is 1. The van der Waals surface area contributed by atoms with Gasteiger partial charge in [-0.25, -0.2) is 4.98 Å². The smallest absolute Gasteiger partial charge is 0.226 e. The molecule has 0 atom stereocenters. The highest BCUT2D eigenvalue weighted by atomic mass is 16.3. The maximum atomic E-state index is 9.51. The molecule has 1 N–H and O–H groups in total. The van der Waals surface area contributed by atoms with Crippen LogP contribution in [-0.2, 0) is 6.54 Å². The van der Waals surface area contributed by atoms with Crippen molar-refractivity contribution in [3.05, 3.63) is 41.8 Å². The molecule has 1 aliphatic rings. The number of rotatable bonds is 3. The van der Waals surface area contributed by atoms with E-state index < -0.39 is 0 Å². The number of likely N-dealkylation sites (tertiary alicyclic amines) is 1. The first-order valence-corrected chi connectivity index (χ1v) is 7.12. The van der Waals surface area contributed by atoms with Crippen LogP contribution in [-0.4, -0.2) is 34.2 Å². The Morgan fingerprint density at radius 1 is 1.25 bits per heavy atom. The molecule has 0 aliphatic carbocycles. The van der Waals surface area contributed by atoms with Gasteiger partial charge in [0.15, 0.2) is 0 Å². The van der Waals surface area contributed by atoms with Crippen LogP contribution in [0.3, 0.4) is 0 Å². The molecule has 106 valence electrons. The fourth-order valence-electron chi connectivity index (χ4n) is 2.51. The van der Waals surface area contributed by atoms with Crippen LogP contribution in [0.15, 0.2) is 34.9 Å². The third-order valence-corrected chi connectivity index (χ3v) is 3.79. The fourth-order valence-corrected chi connectivity index (χ4v) is 2.51. The highest BCUT2D eigenvalue weighted by Gasteiger charge is 2.18. The van der Waals surface area contributed by atoms with E-state index in [-0.39, 0.29) is 6.10 Å². The molecular formula is C16H20N2O2. The van der Waals surface area contributed by atoms with Crippen molar-refractivity contribution in [2.45, 2.75) is 32.4 Å². The summed E-state index contributed by atoms with van der Waals surface area (Å²) in [7, 11) is 0. The Morgan fingerprint density at radius 2 is 1.95 bits per heavy atom. The summed E-state index contributed by atoms with van der Waals surface area (Å²) in [6.45, 7) is 4.71. The van der Waals surface area contributed by atoms with Crippen LogP contribution >= 0.6 is 0 Å². The molecule has 20 heavy (non-hydrogen) atoms. The van der Waals surface area contributed by atoms with Gasteiger partial charge in [0.1, 0.15) is 6.26 Å². The van der Waals surface area contributed by atoms with Gasteiger partial charge in [0.2, 0.25) is 5.89 Å². The zero-order chi connectivity index (χ0) is 13.9. The van der Waals surface area contributed by atoms with E-state index in [1.807, 2.05) is 12.1 Å². The lowest BCUT2D eigenvalue weighted by Crippen LogP contribution is -2.35. The number of nitrogens with zero attached hydrogens (tertiary/aromatic N) is 2. The van der Waals surface area contributed by atoms with Crippen molar-refractivity contribution < 1.29 is 9.52 Å². The Balaban J connectivity index is 1.66. The number of benzene rings is 1. The van der Waals surface area contributed by atoms with Crippen molar-refractivity contribution >= 4 is 0 Å². The second-order valence-corrected chi connectivity index (χ2v) is 5.52. The van der Waals surface area contributed by atoms with Crippen molar-refractivity contribution in [3.8, 4) is 11.5 Å². The molecule has 1 aromatic carbocycles. The van der Waals surface area contributed by atoms with E-state index in [4.69, 9.17) is 4.42 Å². The molecule has 1 saturated heterocycles. The first kappa shape index (κ1) is 13.3. The first-order chi connectivity index (χ1) is 9.70. The monoisotopic (exact) mass is 272 g/mol. The largest absolute Gasteiger partial charge is 0.444 e. The molecule has 3 rings (SSSR count). The average molecular weight is 272 g/mol. The van der Waals surface area contributed by atoms with Gasteiger partial charge < -0.3 is 9.52 Å². The van der Waals surface area contributed by atoms with E-state index in [1.54, 1.807) is 6.26 Å². The Kier molecular flexibility index (Phi) is 3.85. The van der Waals surface area contributed by atoms with Gasteiger partial charge in [-0.15, -0.1) is 0 Å². The van der Waals surface area contributed by atoms with Crippen LogP contribution in [0.4, 0.5) is 0 Å². The lowest BCUT2D eigenvalue weighted by Gasteiger charge is -2.28. The minimum atomic E-state index is -0.133. The Labute approximate surface area is 119 Å². The van der Waals surface area contributed by atoms with Crippen LogP contribution in [0.1, 0.15) is 24.1 Å². The van der Waals surface area contributed by atoms with Gasteiger partial charge in [-0.1, -0.05) is 17.7 Å². The van der Waals surface area contributed by atoms with E-state index in [0.717, 1.165) is 43.7 Å². The number of aliphatic hydroxyl groups is 1. The summed E-state index contributed by atoms with van der Waals surface area (Å²) in [6, 6.07) is 8.18. The van der Waals surface area contributed by atoms with Crippen LogP contribution < -0.4 is 0 Å². The normalized spacial score (nSPS) is 17.5. The number of oxazole rings is 1. The standard InChI is InChI=1S/C16H20N2O2/c1-12-2-4-13(5-3-12)16-17-14(11-20-16)10-18-8-6-15(19)7-9-18/h2-5,11,15,19H,6-10H2,1H3. The van der Waals surface area contributed by atoms with E-state index in [0.29, 0.717) is 5.89 Å². The third kappa shape index (κ3) is 3.08. The summed E-state index contributed by atoms with van der Waals surface area (Å²) < 4.78 is 5.57. The first-order valence-electron chi connectivity index (χ1n) is 7.12. The van der Waals surface area contributed by atoms with Crippen molar-refractivity contribution in [1.29, 1.82) is 0 Å². The van der Waals surface area contributed by atoms with Crippen LogP contribution in [0.25, 0.3) is 11.5 Å². The maximum absolute atomic E-state index is 9.51. The van der Waals surface area contributed by atoms with Crippen molar-refractivity contribution in [3.63, 3.8) is 0 Å². The van der Waals surface area contributed by atoms with Crippen LogP contribution in [0.2, 0.25) is 0 Å². The van der Waals surface area contributed by atoms with Gasteiger partial charge in [0.05, 0.1) is 11.8 Å². The maximum Gasteiger partial charge on any atom is 0.226 e. The molecular weight excluding hydrogens is 252 g/mol. The highest BCUT2D eigenvalue weighted by Crippen LogP contribution is 2.20. The molecule has 2 aromatic rings. The number of aromatic nitrogens is 1. The predicted molar refractivity (Wildman–Crippen MR) is 77.2 cm³/mol. The summed E-state index contributed by atoms with van der Waals surface area (Å²) in [4.78, 5) is 6.86. The zero-order valence-electron chi connectivity index (χ0n) is 11.7. The average Bonchev–Trinajstić information content (AvgIpc) is 2.91. The van der Waals surface area contributed by atoms with Crippen molar-refractivity contribution in [2.24, 2.45) is 0 Å². The molecule has 0 unspecified atom stereocenters. The quantitative estimate of drug-likeness (QED) is 0.933. The second-order valence-electron chi connectivity index (χ2n) is 5.52. The Morgan fingerprint density at radius 3 is 2.65 bits per heavy atom. The SMILES string of the molecule is Cc1ccc(-c2nc(CN3CCC(O)CC3)co2)cc1.